The smallest absolute Gasteiger partial charge is 0.272 e. The highest BCUT2D eigenvalue weighted by Gasteiger charge is 2.44. The van der Waals surface area contributed by atoms with Crippen molar-refractivity contribution < 1.29 is 14.4 Å². The Labute approximate surface area is 202 Å². The predicted molar refractivity (Wildman–Crippen MR) is 134 cm³/mol. The molecule has 2 fully saturated rings. The Balaban J connectivity index is 1.51. The van der Waals surface area contributed by atoms with E-state index in [1.165, 1.54) is 12.8 Å². The highest BCUT2D eigenvalue weighted by atomic mass is 16.2. The number of fused-ring (bicyclic) bond motifs is 1. The summed E-state index contributed by atoms with van der Waals surface area (Å²) in [5, 5.41) is 5.94. The van der Waals surface area contributed by atoms with Gasteiger partial charge in [-0.15, -0.1) is 0 Å². The summed E-state index contributed by atoms with van der Waals surface area (Å²) in [6.07, 6.45) is 9.44. The summed E-state index contributed by atoms with van der Waals surface area (Å²) in [4.78, 5) is 46.1. The zero-order valence-corrected chi connectivity index (χ0v) is 20.5. The molecule has 2 aliphatic carbocycles. The van der Waals surface area contributed by atoms with Gasteiger partial charge in [0.1, 0.15) is 5.54 Å². The molecule has 1 atom stereocenters. The van der Waals surface area contributed by atoms with Crippen LogP contribution >= 0.6 is 0 Å². The van der Waals surface area contributed by atoms with Crippen LogP contribution < -0.4 is 15.5 Å². The molecule has 2 saturated carbocycles. The molecule has 0 spiro atoms. The van der Waals surface area contributed by atoms with Crippen molar-refractivity contribution in [3.63, 3.8) is 0 Å². The number of para-hydroxylation sites is 1. The second-order valence-corrected chi connectivity index (χ2v) is 10.6. The molecule has 3 aliphatic rings. The van der Waals surface area contributed by atoms with Gasteiger partial charge in [-0.1, -0.05) is 57.7 Å². The highest BCUT2D eigenvalue weighted by Crippen LogP contribution is 2.32. The molecule has 1 aromatic carbocycles. The molecule has 4 rings (SSSR count). The zero-order chi connectivity index (χ0) is 24.1. The maximum Gasteiger partial charge on any atom is 0.272 e. The van der Waals surface area contributed by atoms with Gasteiger partial charge in [-0.3, -0.25) is 19.4 Å². The highest BCUT2D eigenvalue weighted by molar-refractivity contribution is 6.06. The first-order valence-corrected chi connectivity index (χ1v) is 12.9. The largest absolute Gasteiger partial charge is 0.342 e. The summed E-state index contributed by atoms with van der Waals surface area (Å²) >= 11 is 0. The van der Waals surface area contributed by atoms with E-state index >= 15 is 0 Å². The first kappa shape index (κ1) is 24.4. The number of carbonyl (C=O) groups excluding carboxylic acids is 3. The average Bonchev–Trinajstić information content (AvgIpc) is 3.49. The zero-order valence-electron chi connectivity index (χ0n) is 20.5. The quantitative estimate of drug-likeness (QED) is 0.608. The summed E-state index contributed by atoms with van der Waals surface area (Å²) < 4.78 is 0. The Kier molecular flexibility index (Phi) is 7.69. The lowest BCUT2D eigenvalue weighted by Crippen LogP contribution is -2.60. The molecule has 3 amide bonds. The first-order valence-electron chi connectivity index (χ1n) is 12.9. The fourth-order valence-corrected chi connectivity index (χ4v) is 5.46. The van der Waals surface area contributed by atoms with E-state index < -0.39 is 11.7 Å². The number of nitrogens with zero attached hydrogens (tertiary/aromatic N) is 2. The van der Waals surface area contributed by atoms with Crippen LogP contribution in [-0.4, -0.2) is 42.2 Å². The Morgan fingerprint density at radius 3 is 2.53 bits per heavy atom. The van der Waals surface area contributed by atoms with Gasteiger partial charge in [-0.25, -0.2) is 0 Å². The fourth-order valence-electron chi connectivity index (χ4n) is 5.46. The van der Waals surface area contributed by atoms with Gasteiger partial charge in [0, 0.05) is 24.7 Å². The van der Waals surface area contributed by atoms with Crippen LogP contribution in [0.1, 0.15) is 83.6 Å². The molecule has 1 heterocycles. The Morgan fingerprint density at radius 1 is 1.12 bits per heavy atom. The summed E-state index contributed by atoms with van der Waals surface area (Å²) in [6.45, 7) is 4.80. The van der Waals surface area contributed by atoms with E-state index in [2.05, 4.69) is 29.5 Å². The van der Waals surface area contributed by atoms with E-state index in [1.54, 1.807) is 6.21 Å². The third-order valence-corrected chi connectivity index (χ3v) is 7.49. The molecule has 1 unspecified atom stereocenters. The predicted octanol–water partition coefficient (Wildman–Crippen LogP) is 3.95. The number of benzodiazepines with no additional fused rings is 1. The van der Waals surface area contributed by atoms with Gasteiger partial charge in [-0.05, 0) is 50.0 Å². The molecule has 0 aromatic heterocycles. The standard InChI is InChI=1S/C27H38N4O3/c1-19(2)13-14-23(32)30-27(15-7-8-16-27)26(34)29-24-25(33)31(18-20-9-3-4-10-20)22-12-6-5-11-21(22)17-28-24/h5-6,11-12,17,19-20,24H,3-4,7-10,13-16,18H2,1-2H3,(H,29,34)(H,30,32). The van der Waals surface area contributed by atoms with Crippen LogP contribution in [0, 0.1) is 11.8 Å². The van der Waals surface area contributed by atoms with E-state index in [1.807, 2.05) is 29.2 Å². The van der Waals surface area contributed by atoms with E-state index in [9.17, 15) is 14.4 Å². The maximum atomic E-state index is 13.7. The van der Waals surface area contributed by atoms with Crippen LogP contribution in [-0.2, 0) is 14.4 Å². The minimum Gasteiger partial charge on any atom is -0.342 e. The van der Waals surface area contributed by atoms with Crippen molar-refractivity contribution in [3.05, 3.63) is 29.8 Å². The minimum absolute atomic E-state index is 0.100. The van der Waals surface area contributed by atoms with Crippen LogP contribution in [0.2, 0.25) is 0 Å². The Hall–Kier alpha value is -2.70. The molecule has 34 heavy (non-hydrogen) atoms. The molecule has 1 aliphatic heterocycles. The summed E-state index contributed by atoms with van der Waals surface area (Å²) in [6, 6.07) is 7.76. The summed E-state index contributed by atoms with van der Waals surface area (Å²) in [5.74, 6) is 0.278. The average molecular weight is 467 g/mol. The van der Waals surface area contributed by atoms with Gasteiger partial charge in [0.2, 0.25) is 18.0 Å². The molecule has 2 N–H and O–H groups in total. The Morgan fingerprint density at radius 2 is 1.82 bits per heavy atom. The first-order chi connectivity index (χ1) is 16.4. The Bertz CT molecular complexity index is 930. The minimum atomic E-state index is -0.994. The molecule has 7 heteroatoms. The van der Waals surface area contributed by atoms with E-state index in [-0.39, 0.29) is 17.7 Å². The molecule has 0 bridgehead atoms. The number of nitrogens with one attached hydrogen (secondary N) is 2. The van der Waals surface area contributed by atoms with Crippen molar-refractivity contribution >= 4 is 29.6 Å². The monoisotopic (exact) mass is 466 g/mol. The van der Waals surface area contributed by atoms with Crippen molar-refractivity contribution in [2.24, 2.45) is 16.8 Å². The maximum absolute atomic E-state index is 13.7. The lowest BCUT2D eigenvalue weighted by atomic mass is 9.95. The van der Waals surface area contributed by atoms with Crippen molar-refractivity contribution in [1.29, 1.82) is 0 Å². The summed E-state index contributed by atoms with van der Waals surface area (Å²) in [7, 11) is 0. The molecule has 1 aromatic rings. The third kappa shape index (κ3) is 5.50. The second-order valence-electron chi connectivity index (χ2n) is 10.6. The van der Waals surface area contributed by atoms with Crippen LogP contribution in [0.4, 0.5) is 5.69 Å². The van der Waals surface area contributed by atoms with Gasteiger partial charge >= 0.3 is 0 Å². The topological polar surface area (TPSA) is 90.9 Å². The lowest BCUT2D eigenvalue weighted by molar-refractivity contribution is -0.135. The number of benzene rings is 1. The van der Waals surface area contributed by atoms with Crippen LogP contribution in [0.25, 0.3) is 0 Å². The number of anilines is 1. The van der Waals surface area contributed by atoms with Gasteiger partial charge in [0.25, 0.3) is 5.91 Å². The molecule has 7 nitrogen and oxygen atoms in total. The van der Waals surface area contributed by atoms with Crippen molar-refractivity contribution in [3.8, 4) is 0 Å². The number of aliphatic imine (C=N–C) groups is 1. The van der Waals surface area contributed by atoms with Crippen molar-refractivity contribution in [2.75, 3.05) is 11.4 Å². The third-order valence-electron chi connectivity index (χ3n) is 7.49. The van der Waals surface area contributed by atoms with Crippen molar-refractivity contribution in [1.82, 2.24) is 10.6 Å². The van der Waals surface area contributed by atoms with E-state index in [4.69, 9.17) is 0 Å². The number of hydrogen-bond acceptors (Lipinski definition) is 4. The fraction of sp³-hybridized carbons (Fsp3) is 0.630. The SMILES string of the molecule is CC(C)CCC(=O)NC1(C(=O)NC2N=Cc3ccccc3N(CC3CCCC3)C2=O)CCCC1. The van der Waals surface area contributed by atoms with Gasteiger partial charge in [0.05, 0.1) is 5.69 Å². The molecular weight excluding hydrogens is 428 g/mol. The normalized spacial score (nSPS) is 22.0. The van der Waals surface area contributed by atoms with Crippen molar-refractivity contribution in [2.45, 2.75) is 89.8 Å². The van der Waals surface area contributed by atoms with Crippen LogP contribution in [0.15, 0.2) is 29.3 Å². The van der Waals surface area contributed by atoms with E-state index in [0.717, 1.165) is 43.4 Å². The summed E-state index contributed by atoms with van der Waals surface area (Å²) in [5.41, 5.74) is 0.764. The number of rotatable bonds is 8. The number of amides is 3. The lowest BCUT2D eigenvalue weighted by Gasteiger charge is -2.32. The van der Waals surface area contributed by atoms with Gasteiger partial charge in [0.15, 0.2) is 0 Å². The number of hydrogen-bond donors (Lipinski definition) is 2. The molecule has 0 radical (unpaired) electrons. The molecule has 0 saturated heterocycles. The molecule has 184 valence electrons. The van der Waals surface area contributed by atoms with Gasteiger partial charge < -0.3 is 15.5 Å². The van der Waals surface area contributed by atoms with Gasteiger partial charge in [-0.2, -0.15) is 0 Å². The number of carbonyl (C=O) groups is 3. The van der Waals surface area contributed by atoms with Crippen LogP contribution in [0.5, 0.6) is 0 Å². The second kappa shape index (κ2) is 10.7. The van der Waals surface area contributed by atoms with Crippen LogP contribution in [0.3, 0.4) is 0 Å². The molecular formula is C27H38N4O3. The van der Waals surface area contributed by atoms with E-state index in [0.29, 0.717) is 37.6 Å².